The number of rotatable bonds is 8. The van der Waals surface area contributed by atoms with Gasteiger partial charge in [0.15, 0.2) is 5.78 Å². The molecule has 0 unspecified atom stereocenters. The summed E-state index contributed by atoms with van der Waals surface area (Å²) in [6, 6.07) is 7.04. The number of amides is 2. The highest BCUT2D eigenvalue weighted by Crippen LogP contribution is 2.61. The average Bonchev–Trinajstić information content (AvgIpc) is 3.36. The molecular weight excluding hydrogens is 684 g/mol. The molecule has 4 fully saturated rings. The third-order valence-corrected chi connectivity index (χ3v) is 11.8. The van der Waals surface area contributed by atoms with Crippen LogP contribution in [0.4, 0.5) is 5.82 Å². The number of pyridine rings is 1. The molecule has 3 atom stereocenters. The second kappa shape index (κ2) is 11.8. The van der Waals surface area contributed by atoms with Gasteiger partial charge in [0.2, 0.25) is 11.8 Å². The molecule has 12 heteroatoms. The van der Waals surface area contributed by atoms with Gasteiger partial charge in [-0.15, -0.1) is 0 Å². The summed E-state index contributed by atoms with van der Waals surface area (Å²) >= 11 is 3.42. The summed E-state index contributed by atoms with van der Waals surface area (Å²) in [5, 5.41) is 8.42. The number of piperidine rings is 1. The van der Waals surface area contributed by atoms with E-state index in [1.165, 1.54) is 32.6 Å². The van der Waals surface area contributed by atoms with E-state index in [0.717, 1.165) is 53.8 Å². The monoisotopic (exact) mass is 724 g/mol. The van der Waals surface area contributed by atoms with Crippen molar-refractivity contribution in [2.24, 2.45) is 10.8 Å². The van der Waals surface area contributed by atoms with Gasteiger partial charge in [0.05, 0.1) is 5.52 Å². The van der Waals surface area contributed by atoms with Gasteiger partial charge in [0, 0.05) is 61.4 Å². The largest absolute Gasteiger partial charge is 0.325 e. The van der Waals surface area contributed by atoms with Crippen molar-refractivity contribution in [3.63, 3.8) is 0 Å². The van der Waals surface area contributed by atoms with E-state index in [9.17, 15) is 14.4 Å². The zero-order valence-corrected chi connectivity index (χ0v) is 30.0. The molecule has 5 heterocycles. The fourth-order valence-corrected chi connectivity index (χ4v) is 9.30. The van der Waals surface area contributed by atoms with Crippen LogP contribution in [0.3, 0.4) is 0 Å². The smallest absolute Gasteiger partial charge is 0.248 e. The Morgan fingerprint density at radius 1 is 0.980 bits per heavy atom. The maximum atomic E-state index is 14.5. The fraction of sp³-hybridized carbons (Fsp3) is 0.486. The molecular formula is C37H41BrN8O3. The number of hydrogen-bond acceptors (Lipinski definition) is 8. The molecule has 4 aliphatic rings. The van der Waals surface area contributed by atoms with Crippen molar-refractivity contribution in [2.75, 3.05) is 25.0 Å². The summed E-state index contributed by atoms with van der Waals surface area (Å²) in [5.41, 5.74) is 4.86. The Bertz CT molecular complexity index is 2010. The van der Waals surface area contributed by atoms with E-state index in [4.69, 9.17) is 5.10 Å². The first-order valence-corrected chi connectivity index (χ1v) is 18.0. The predicted molar refractivity (Wildman–Crippen MR) is 189 cm³/mol. The van der Waals surface area contributed by atoms with Crippen molar-refractivity contribution in [1.82, 2.24) is 34.5 Å². The molecule has 3 aromatic heterocycles. The molecule has 2 aliphatic carbocycles. The van der Waals surface area contributed by atoms with Crippen LogP contribution in [0.15, 0.2) is 41.3 Å². The Balaban J connectivity index is 1.09. The van der Waals surface area contributed by atoms with Crippen LogP contribution in [-0.4, -0.2) is 83.8 Å². The number of halogens is 1. The average molecular weight is 726 g/mol. The molecule has 0 radical (unpaired) electrons. The molecule has 2 saturated heterocycles. The van der Waals surface area contributed by atoms with Crippen LogP contribution in [0.1, 0.15) is 72.9 Å². The number of fused-ring (bicyclic) bond motifs is 2. The van der Waals surface area contributed by atoms with Crippen LogP contribution < -0.4 is 5.32 Å². The van der Waals surface area contributed by atoms with Crippen LogP contribution in [-0.2, 0) is 16.1 Å². The van der Waals surface area contributed by atoms with Gasteiger partial charge in [-0.3, -0.25) is 19.1 Å². The highest BCUT2D eigenvalue weighted by molar-refractivity contribution is 9.10. The van der Waals surface area contributed by atoms with Crippen molar-refractivity contribution in [3.8, 4) is 11.1 Å². The predicted octanol–water partition coefficient (Wildman–Crippen LogP) is 5.65. The third-order valence-electron chi connectivity index (χ3n) is 11.4. The van der Waals surface area contributed by atoms with Gasteiger partial charge in [-0.2, -0.15) is 5.10 Å². The number of carbonyl (C=O) groups excluding carboxylic acids is 3. The van der Waals surface area contributed by atoms with E-state index in [1.54, 1.807) is 17.1 Å². The number of Topliss-reactive ketones (excluding diaryl/α,β-unsaturated/α-hetero) is 1. The number of aryl methyl sites for hydroxylation is 3. The lowest BCUT2D eigenvalue weighted by molar-refractivity contribution is -0.138. The Hall–Kier alpha value is -4.03. The van der Waals surface area contributed by atoms with Gasteiger partial charge in [-0.1, -0.05) is 18.9 Å². The number of hydrogen-bond donors (Lipinski definition) is 1. The number of benzene rings is 1. The fourth-order valence-electron chi connectivity index (χ4n) is 8.99. The number of likely N-dealkylation sites (tertiary alicyclic amines) is 2. The van der Waals surface area contributed by atoms with E-state index in [1.807, 2.05) is 49.9 Å². The number of aromatic nitrogens is 5. The quantitative estimate of drug-likeness (QED) is 0.183. The maximum absolute atomic E-state index is 14.5. The number of ketones is 1. The van der Waals surface area contributed by atoms with E-state index >= 15 is 0 Å². The van der Waals surface area contributed by atoms with Gasteiger partial charge in [-0.05, 0) is 103 Å². The zero-order valence-electron chi connectivity index (χ0n) is 28.4. The van der Waals surface area contributed by atoms with Gasteiger partial charge in [0.25, 0.3) is 0 Å². The minimum absolute atomic E-state index is 0.0178. The molecule has 1 N–H and O–H groups in total. The Labute approximate surface area is 294 Å². The molecule has 1 spiro atoms. The van der Waals surface area contributed by atoms with Crippen molar-refractivity contribution in [1.29, 1.82) is 0 Å². The van der Waals surface area contributed by atoms with Crippen molar-refractivity contribution in [3.05, 3.63) is 63.9 Å². The number of nitrogens with zero attached hydrogens (tertiary/aromatic N) is 7. The van der Waals surface area contributed by atoms with Gasteiger partial charge in [0.1, 0.15) is 34.5 Å². The molecule has 4 aromatic rings. The normalized spacial score (nSPS) is 23.9. The van der Waals surface area contributed by atoms with E-state index in [0.29, 0.717) is 39.2 Å². The van der Waals surface area contributed by atoms with E-state index in [2.05, 4.69) is 41.1 Å². The Morgan fingerprint density at radius 3 is 2.43 bits per heavy atom. The van der Waals surface area contributed by atoms with Crippen molar-refractivity contribution >= 4 is 50.2 Å². The lowest BCUT2D eigenvalue weighted by atomic mass is 9.77. The summed E-state index contributed by atoms with van der Waals surface area (Å²) in [7, 11) is 0. The van der Waals surface area contributed by atoms with Crippen molar-refractivity contribution in [2.45, 2.75) is 84.8 Å². The molecule has 49 heavy (non-hydrogen) atoms. The first kappa shape index (κ1) is 32.2. The lowest BCUT2D eigenvalue weighted by Gasteiger charge is -2.49. The highest BCUT2D eigenvalue weighted by atomic mass is 79.9. The zero-order chi connectivity index (χ0) is 34.2. The standard InChI is InChI=1S/C37H41BrN8O3/c1-21-7-8-30(38)41-34(21)42-35(49)28-13-37(20-44-18-36(19-44)9-5-6-10-36)14-29(37)46(28)31(48)17-45-33-22(2)11-25(26-15-39-24(4)40-16-26)12-27(33)32(43-45)23(3)47/h7-8,11-12,15-16,28-29H,5-6,9-10,13-14,17-20H2,1-4H3,(H,41,42,49)/t28-,29+,37-/m0/s1. The molecule has 11 nitrogen and oxygen atoms in total. The van der Waals surface area contributed by atoms with Crippen LogP contribution in [0, 0.1) is 31.6 Å². The second-order valence-electron chi connectivity index (χ2n) is 15.0. The molecule has 2 amide bonds. The molecule has 254 valence electrons. The molecule has 1 aromatic carbocycles. The summed E-state index contributed by atoms with van der Waals surface area (Å²) in [6.45, 7) is 10.3. The number of anilines is 1. The topological polar surface area (TPSA) is 126 Å². The van der Waals surface area contributed by atoms with Gasteiger partial charge < -0.3 is 15.1 Å². The van der Waals surface area contributed by atoms with Crippen LogP contribution in [0.2, 0.25) is 0 Å². The van der Waals surface area contributed by atoms with Crippen LogP contribution in [0.5, 0.6) is 0 Å². The van der Waals surface area contributed by atoms with Crippen LogP contribution >= 0.6 is 15.9 Å². The molecule has 2 aliphatic heterocycles. The summed E-state index contributed by atoms with van der Waals surface area (Å²) < 4.78 is 2.28. The van der Waals surface area contributed by atoms with Gasteiger partial charge in [-0.25, -0.2) is 15.0 Å². The lowest BCUT2D eigenvalue weighted by Crippen LogP contribution is -2.56. The first-order chi connectivity index (χ1) is 23.4. The Kier molecular flexibility index (Phi) is 7.75. The second-order valence-corrected chi connectivity index (χ2v) is 15.8. The summed E-state index contributed by atoms with van der Waals surface area (Å²) in [5.74, 6) is 0.590. The molecule has 8 rings (SSSR count). The third kappa shape index (κ3) is 5.66. The molecule has 2 saturated carbocycles. The number of carbonyl (C=O) groups is 3. The van der Waals surface area contributed by atoms with Gasteiger partial charge >= 0.3 is 0 Å². The van der Waals surface area contributed by atoms with E-state index in [-0.39, 0.29) is 35.6 Å². The minimum Gasteiger partial charge on any atom is -0.325 e. The summed E-state index contributed by atoms with van der Waals surface area (Å²) in [6.07, 6.45) is 10.3. The number of nitrogens with one attached hydrogen (secondary N) is 1. The SMILES string of the molecule is CC(=O)c1nn(CC(=O)N2[C@H](C(=O)Nc3nc(Br)ccc3C)C[C@@]3(CN4CC5(CCCC5)C4)C[C@@H]23)c2c(C)cc(-c3cnc(C)nc3)cc12. The first-order valence-electron chi connectivity index (χ1n) is 17.2. The van der Waals surface area contributed by atoms with Crippen LogP contribution in [0.25, 0.3) is 22.0 Å². The summed E-state index contributed by atoms with van der Waals surface area (Å²) in [4.78, 5) is 58.9. The van der Waals surface area contributed by atoms with E-state index < -0.39 is 6.04 Å². The minimum atomic E-state index is -0.628. The van der Waals surface area contributed by atoms with Crippen molar-refractivity contribution < 1.29 is 14.4 Å². The maximum Gasteiger partial charge on any atom is 0.248 e. The Morgan fingerprint density at radius 2 is 1.71 bits per heavy atom. The highest BCUT2D eigenvalue weighted by Gasteiger charge is 2.68. The molecule has 0 bridgehead atoms.